The summed E-state index contributed by atoms with van der Waals surface area (Å²) in [6, 6.07) is 7.99. The van der Waals surface area contributed by atoms with Gasteiger partial charge in [0.15, 0.2) is 0 Å². The predicted molar refractivity (Wildman–Crippen MR) is 81.0 cm³/mol. The van der Waals surface area contributed by atoms with Gasteiger partial charge in [0.05, 0.1) is 0 Å². The zero-order valence-electron chi connectivity index (χ0n) is 12.4. The Morgan fingerprint density at radius 1 is 1.16 bits per heavy atom. The van der Waals surface area contributed by atoms with E-state index in [1.165, 1.54) is 0 Å². The molecular weight excluding hydrogens is 236 g/mol. The van der Waals surface area contributed by atoms with Crippen molar-refractivity contribution in [2.24, 2.45) is 11.7 Å². The van der Waals surface area contributed by atoms with Gasteiger partial charge in [0.1, 0.15) is 0 Å². The SMILES string of the molecule is CCCN(C(=O)C(CC)CC)c1ccc(CN)cc1. The molecule has 0 aromatic heterocycles. The van der Waals surface area contributed by atoms with Gasteiger partial charge in [-0.3, -0.25) is 4.79 Å². The highest BCUT2D eigenvalue weighted by Crippen LogP contribution is 2.21. The molecule has 19 heavy (non-hydrogen) atoms. The highest BCUT2D eigenvalue weighted by molar-refractivity contribution is 5.95. The summed E-state index contributed by atoms with van der Waals surface area (Å²) in [5.41, 5.74) is 7.68. The number of amides is 1. The van der Waals surface area contributed by atoms with Crippen LogP contribution in [0.2, 0.25) is 0 Å². The van der Waals surface area contributed by atoms with Gasteiger partial charge in [0.25, 0.3) is 0 Å². The van der Waals surface area contributed by atoms with Gasteiger partial charge in [-0.25, -0.2) is 0 Å². The maximum absolute atomic E-state index is 12.6. The van der Waals surface area contributed by atoms with Crippen molar-refractivity contribution in [1.82, 2.24) is 0 Å². The molecule has 106 valence electrons. The molecule has 0 aliphatic rings. The summed E-state index contributed by atoms with van der Waals surface area (Å²) >= 11 is 0. The Morgan fingerprint density at radius 3 is 2.16 bits per heavy atom. The first kappa shape index (κ1) is 15.7. The fourth-order valence-corrected chi connectivity index (χ4v) is 2.26. The Labute approximate surface area is 116 Å². The molecule has 0 bridgehead atoms. The van der Waals surface area contributed by atoms with Crippen molar-refractivity contribution in [3.8, 4) is 0 Å². The van der Waals surface area contributed by atoms with Gasteiger partial charge in [0, 0.05) is 24.7 Å². The molecule has 0 aliphatic carbocycles. The third-order valence-electron chi connectivity index (χ3n) is 3.53. The van der Waals surface area contributed by atoms with Crippen LogP contribution < -0.4 is 10.6 Å². The smallest absolute Gasteiger partial charge is 0.230 e. The fourth-order valence-electron chi connectivity index (χ4n) is 2.26. The Kier molecular flexibility index (Phi) is 6.57. The largest absolute Gasteiger partial charge is 0.326 e. The van der Waals surface area contributed by atoms with E-state index in [1.54, 1.807) is 0 Å². The minimum atomic E-state index is 0.126. The normalized spacial score (nSPS) is 10.8. The van der Waals surface area contributed by atoms with Gasteiger partial charge in [-0.1, -0.05) is 32.9 Å². The number of carbonyl (C=O) groups is 1. The third kappa shape index (κ3) is 4.06. The number of anilines is 1. The Hall–Kier alpha value is -1.35. The number of nitrogens with two attached hydrogens (primary N) is 1. The summed E-state index contributed by atoms with van der Waals surface area (Å²) in [5, 5.41) is 0. The number of hydrogen-bond donors (Lipinski definition) is 1. The standard InChI is InChI=1S/C16H26N2O/c1-4-11-18(16(19)14(5-2)6-3)15-9-7-13(12-17)8-10-15/h7-10,14H,4-6,11-12,17H2,1-3H3. The van der Waals surface area contributed by atoms with Crippen LogP contribution in [0.3, 0.4) is 0 Å². The zero-order chi connectivity index (χ0) is 14.3. The summed E-state index contributed by atoms with van der Waals surface area (Å²) < 4.78 is 0. The van der Waals surface area contributed by atoms with Crippen LogP contribution in [0.4, 0.5) is 5.69 Å². The van der Waals surface area contributed by atoms with Gasteiger partial charge < -0.3 is 10.6 Å². The quantitative estimate of drug-likeness (QED) is 0.819. The molecule has 1 rings (SSSR count). The minimum absolute atomic E-state index is 0.126. The van der Waals surface area contributed by atoms with E-state index >= 15 is 0 Å². The van der Waals surface area contributed by atoms with Crippen LogP contribution >= 0.6 is 0 Å². The van der Waals surface area contributed by atoms with E-state index < -0.39 is 0 Å². The number of carbonyl (C=O) groups excluding carboxylic acids is 1. The van der Waals surface area contributed by atoms with E-state index in [0.717, 1.165) is 37.1 Å². The van der Waals surface area contributed by atoms with Crippen molar-refractivity contribution in [3.05, 3.63) is 29.8 Å². The molecule has 3 nitrogen and oxygen atoms in total. The Bertz CT molecular complexity index is 382. The van der Waals surface area contributed by atoms with Crippen LogP contribution in [0.15, 0.2) is 24.3 Å². The summed E-state index contributed by atoms with van der Waals surface area (Å²) in [7, 11) is 0. The highest BCUT2D eigenvalue weighted by Gasteiger charge is 2.22. The predicted octanol–water partition coefficient (Wildman–Crippen LogP) is 3.32. The van der Waals surface area contributed by atoms with E-state index in [9.17, 15) is 4.79 Å². The first-order chi connectivity index (χ1) is 9.17. The van der Waals surface area contributed by atoms with E-state index in [-0.39, 0.29) is 11.8 Å². The second-order valence-corrected chi connectivity index (χ2v) is 4.87. The molecular formula is C16H26N2O. The van der Waals surface area contributed by atoms with Gasteiger partial charge >= 0.3 is 0 Å². The second-order valence-electron chi connectivity index (χ2n) is 4.87. The van der Waals surface area contributed by atoms with Crippen molar-refractivity contribution in [1.29, 1.82) is 0 Å². The van der Waals surface area contributed by atoms with Gasteiger partial charge in [0.2, 0.25) is 5.91 Å². The lowest BCUT2D eigenvalue weighted by molar-refractivity contribution is -0.122. The van der Waals surface area contributed by atoms with Crippen LogP contribution in [0, 0.1) is 5.92 Å². The average Bonchev–Trinajstić information content (AvgIpc) is 2.46. The average molecular weight is 262 g/mol. The maximum atomic E-state index is 12.6. The highest BCUT2D eigenvalue weighted by atomic mass is 16.2. The number of nitrogens with zero attached hydrogens (tertiary/aromatic N) is 1. The molecule has 3 heteroatoms. The van der Waals surface area contributed by atoms with Crippen molar-refractivity contribution in [3.63, 3.8) is 0 Å². The maximum Gasteiger partial charge on any atom is 0.230 e. The summed E-state index contributed by atoms with van der Waals surface area (Å²) in [4.78, 5) is 14.5. The third-order valence-corrected chi connectivity index (χ3v) is 3.53. The molecule has 0 aliphatic heterocycles. The molecule has 1 amide bonds. The lowest BCUT2D eigenvalue weighted by atomic mass is 10.0. The molecule has 0 spiro atoms. The van der Waals surface area contributed by atoms with Crippen LogP contribution in [0.25, 0.3) is 0 Å². The number of hydrogen-bond acceptors (Lipinski definition) is 2. The van der Waals surface area contributed by atoms with E-state index in [1.807, 2.05) is 29.2 Å². The molecule has 0 fully saturated rings. The van der Waals surface area contributed by atoms with Crippen LogP contribution in [0.1, 0.15) is 45.6 Å². The van der Waals surface area contributed by atoms with Crippen LogP contribution in [-0.4, -0.2) is 12.5 Å². The molecule has 0 heterocycles. The number of benzene rings is 1. The van der Waals surface area contributed by atoms with Crippen molar-refractivity contribution >= 4 is 11.6 Å². The van der Waals surface area contributed by atoms with Gasteiger partial charge in [-0.2, -0.15) is 0 Å². The van der Waals surface area contributed by atoms with E-state index in [0.29, 0.717) is 6.54 Å². The molecule has 0 radical (unpaired) electrons. The fraction of sp³-hybridized carbons (Fsp3) is 0.562. The zero-order valence-corrected chi connectivity index (χ0v) is 12.4. The molecule has 1 aromatic rings. The second kappa shape index (κ2) is 7.95. The first-order valence-electron chi connectivity index (χ1n) is 7.28. The van der Waals surface area contributed by atoms with Crippen molar-refractivity contribution < 1.29 is 4.79 Å². The summed E-state index contributed by atoms with van der Waals surface area (Å²) in [5.74, 6) is 0.369. The first-order valence-corrected chi connectivity index (χ1v) is 7.28. The molecule has 1 aromatic carbocycles. The van der Waals surface area contributed by atoms with E-state index in [2.05, 4.69) is 20.8 Å². The van der Waals surface area contributed by atoms with Gasteiger partial charge in [-0.05, 0) is 37.0 Å². The Morgan fingerprint density at radius 2 is 1.74 bits per heavy atom. The summed E-state index contributed by atoms with van der Waals surface area (Å²) in [6.07, 6.45) is 2.76. The van der Waals surface area contributed by atoms with Gasteiger partial charge in [-0.15, -0.1) is 0 Å². The molecule has 0 saturated heterocycles. The number of rotatable bonds is 7. The Balaban J connectivity index is 2.94. The van der Waals surface area contributed by atoms with Crippen molar-refractivity contribution in [2.75, 3.05) is 11.4 Å². The van der Waals surface area contributed by atoms with Crippen molar-refractivity contribution in [2.45, 2.75) is 46.6 Å². The van der Waals surface area contributed by atoms with Crippen LogP contribution in [0.5, 0.6) is 0 Å². The topological polar surface area (TPSA) is 46.3 Å². The molecule has 0 saturated carbocycles. The lowest BCUT2D eigenvalue weighted by Gasteiger charge is -2.26. The minimum Gasteiger partial charge on any atom is -0.326 e. The lowest BCUT2D eigenvalue weighted by Crippen LogP contribution is -2.36. The monoisotopic (exact) mass is 262 g/mol. The van der Waals surface area contributed by atoms with E-state index in [4.69, 9.17) is 5.73 Å². The molecule has 0 unspecified atom stereocenters. The molecule has 2 N–H and O–H groups in total. The summed E-state index contributed by atoms with van der Waals surface area (Å²) in [6.45, 7) is 7.56. The molecule has 0 atom stereocenters. The van der Waals surface area contributed by atoms with Crippen LogP contribution in [-0.2, 0) is 11.3 Å².